The molecule has 1 N–H and O–H groups in total. The number of allylic oxidation sites excluding steroid dienone is 4. The molecule has 0 unspecified atom stereocenters. The molecule has 6 nitrogen and oxygen atoms in total. The van der Waals surface area contributed by atoms with E-state index in [4.69, 9.17) is 9.15 Å². The number of fused-ring (bicyclic) bond motifs is 1. The third-order valence-corrected chi connectivity index (χ3v) is 8.50. The molecule has 4 rings (SSSR count). The van der Waals surface area contributed by atoms with Crippen LogP contribution in [0.1, 0.15) is 19.4 Å². The maximum Gasteiger partial charge on any atom is 0.232 e. The van der Waals surface area contributed by atoms with Gasteiger partial charge >= 0.3 is 0 Å². The molecule has 1 saturated heterocycles. The minimum atomic E-state index is 0.541. The molecule has 3 heterocycles. The van der Waals surface area contributed by atoms with Crippen LogP contribution < -0.4 is 10.1 Å². The van der Waals surface area contributed by atoms with Gasteiger partial charge in [-0.3, -0.25) is 0 Å². The molecule has 3 aromatic rings. The summed E-state index contributed by atoms with van der Waals surface area (Å²) in [6.45, 7) is 6.50. The van der Waals surface area contributed by atoms with Gasteiger partial charge in [0, 0.05) is 35.7 Å². The number of hydrogen-bond donors (Lipinski definition) is 1. The zero-order chi connectivity index (χ0) is 23.9. The fraction of sp³-hybridized carbons (Fsp3) is 0.385. The molecule has 2 aromatic heterocycles. The van der Waals surface area contributed by atoms with Gasteiger partial charge in [-0.2, -0.15) is 0 Å². The Labute approximate surface area is 210 Å². The topological polar surface area (TPSA) is 63.4 Å². The first-order valence-electron chi connectivity index (χ1n) is 11.5. The number of hydrogen-bond acceptors (Lipinski definition) is 8. The molecule has 0 bridgehead atoms. The number of furan rings is 1. The number of ether oxygens (including phenoxy) is 1. The van der Waals surface area contributed by atoms with Gasteiger partial charge < -0.3 is 19.4 Å². The van der Waals surface area contributed by atoms with E-state index in [9.17, 15) is 0 Å². The number of nitrogens with one attached hydrogen (secondary N) is 1. The number of aromatic nitrogens is 2. The lowest BCUT2D eigenvalue weighted by Crippen LogP contribution is -2.19. The van der Waals surface area contributed by atoms with Crippen molar-refractivity contribution in [2.45, 2.75) is 18.4 Å². The lowest BCUT2D eigenvalue weighted by molar-refractivity contribution is 0.261. The van der Waals surface area contributed by atoms with Crippen molar-refractivity contribution in [2.24, 2.45) is 0 Å². The summed E-state index contributed by atoms with van der Waals surface area (Å²) < 4.78 is 12.7. The molecule has 0 saturated carbocycles. The maximum absolute atomic E-state index is 6.34. The standard InChI is InChI=1S/C26H32N4O2S2/c1-5-6-7-18(2)22-23-25(27-16-21-33-14-15-34-21)28-17-29-26(23)32-24(22)19-8-10-20(11-9-19)31-13-12-30(3)4/h5-11,17,21H,12-16H2,1-4H3,(H,27,28,29)/b6-5-,18-7+. The van der Waals surface area contributed by atoms with Crippen LogP contribution in [0.25, 0.3) is 28.0 Å². The zero-order valence-corrected chi connectivity index (χ0v) is 21.8. The second-order valence-electron chi connectivity index (χ2n) is 8.31. The van der Waals surface area contributed by atoms with Crippen molar-refractivity contribution in [1.82, 2.24) is 14.9 Å². The summed E-state index contributed by atoms with van der Waals surface area (Å²) in [4.78, 5) is 11.2. The first kappa shape index (κ1) is 24.7. The van der Waals surface area contributed by atoms with E-state index in [-0.39, 0.29) is 0 Å². The Kier molecular flexibility index (Phi) is 8.59. The average molecular weight is 497 g/mol. The molecule has 1 aromatic carbocycles. The van der Waals surface area contributed by atoms with Gasteiger partial charge in [0.25, 0.3) is 0 Å². The van der Waals surface area contributed by atoms with Crippen LogP contribution in [0.2, 0.25) is 0 Å². The molecule has 1 aliphatic heterocycles. The van der Waals surface area contributed by atoms with Crippen LogP contribution in [-0.2, 0) is 0 Å². The van der Waals surface area contributed by atoms with Gasteiger partial charge in [-0.05, 0) is 57.8 Å². The Balaban J connectivity index is 1.70. The van der Waals surface area contributed by atoms with Crippen molar-refractivity contribution < 1.29 is 9.15 Å². The summed E-state index contributed by atoms with van der Waals surface area (Å²) in [5, 5.41) is 4.49. The van der Waals surface area contributed by atoms with E-state index in [1.807, 2.05) is 81.0 Å². The minimum Gasteiger partial charge on any atom is -0.492 e. The van der Waals surface area contributed by atoms with E-state index in [1.165, 1.54) is 11.5 Å². The Hall–Kier alpha value is -2.42. The van der Waals surface area contributed by atoms with Crippen LogP contribution in [-0.4, -0.2) is 64.7 Å². The van der Waals surface area contributed by atoms with Gasteiger partial charge in [0.05, 0.1) is 9.97 Å². The molecular weight excluding hydrogens is 464 g/mol. The second-order valence-corrected chi connectivity index (χ2v) is 11.2. The van der Waals surface area contributed by atoms with Crippen LogP contribution in [0.15, 0.2) is 53.2 Å². The van der Waals surface area contributed by atoms with Gasteiger partial charge in [0.2, 0.25) is 5.71 Å². The van der Waals surface area contributed by atoms with Gasteiger partial charge in [-0.15, -0.1) is 23.5 Å². The van der Waals surface area contributed by atoms with Crippen molar-refractivity contribution in [3.63, 3.8) is 0 Å². The molecule has 180 valence electrons. The minimum absolute atomic E-state index is 0.541. The number of nitrogens with zero attached hydrogens (tertiary/aromatic N) is 3. The average Bonchev–Trinajstić information content (AvgIpc) is 3.49. The third-order valence-electron chi connectivity index (χ3n) is 5.47. The van der Waals surface area contributed by atoms with E-state index < -0.39 is 0 Å². The summed E-state index contributed by atoms with van der Waals surface area (Å²) in [7, 11) is 4.08. The van der Waals surface area contributed by atoms with Gasteiger partial charge in [-0.1, -0.05) is 18.2 Å². The molecule has 0 amide bonds. The molecule has 0 atom stereocenters. The SMILES string of the molecule is C/C=C\C=C(/C)c1c(-c2ccc(OCCN(C)C)cc2)oc2ncnc(NCC3SCCS3)c12. The van der Waals surface area contributed by atoms with Crippen LogP contribution in [0.4, 0.5) is 5.82 Å². The molecule has 1 aliphatic rings. The monoisotopic (exact) mass is 496 g/mol. The summed E-state index contributed by atoms with van der Waals surface area (Å²) in [5.74, 6) is 4.87. The van der Waals surface area contributed by atoms with Gasteiger partial charge in [0.15, 0.2) is 0 Å². The van der Waals surface area contributed by atoms with E-state index >= 15 is 0 Å². The fourth-order valence-electron chi connectivity index (χ4n) is 3.72. The van der Waals surface area contributed by atoms with Crippen molar-refractivity contribution in [2.75, 3.05) is 50.6 Å². The first-order chi connectivity index (χ1) is 16.6. The molecule has 0 spiro atoms. The van der Waals surface area contributed by atoms with E-state index in [2.05, 4.69) is 33.2 Å². The van der Waals surface area contributed by atoms with Crippen LogP contribution in [0.3, 0.4) is 0 Å². The summed E-state index contributed by atoms with van der Waals surface area (Å²) in [6.07, 6.45) is 7.74. The lowest BCUT2D eigenvalue weighted by Gasteiger charge is -2.12. The maximum atomic E-state index is 6.34. The van der Waals surface area contributed by atoms with E-state index in [0.29, 0.717) is 16.9 Å². The fourth-order valence-corrected chi connectivity index (χ4v) is 6.38. The van der Waals surface area contributed by atoms with Crippen LogP contribution in [0, 0.1) is 0 Å². The lowest BCUT2D eigenvalue weighted by atomic mass is 10.00. The summed E-state index contributed by atoms with van der Waals surface area (Å²) >= 11 is 4.00. The highest BCUT2D eigenvalue weighted by Gasteiger charge is 2.23. The third kappa shape index (κ3) is 5.98. The molecular formula is C26H32N4O2S2. The number of likely N-dealkylation sites (N-methyl/N-ethyl adjacent to an activating group) is 1. The van der Waals surface area contributed by atoms with Crippen molar-refractivity contribution >= 4 is 46.0 Å². The van der Waals surface area contributed by atoms with E-state index in [0.717, 1.165) is 52.5 Å². The van der Waals surface area contributed by atoms with Crippen molar-refractivity contribution in [3.8, 4) is 17.1 Å². The highest BCUT2D eigenvalue weighted by Crippen LogP contribution is 2.40. The quantitative estimate of drug-likeness (QED) is 0.342. The second kappa shape index (κ2) is 11.8. The Morgan fingerprint density at radius 2 is 1.97 bits per heavy atom. The summed E-state index contributed by atoms with van der Waals surface area (Å²) in [5.41, 5.74) is 3.69. The summed E-state index contributed by atoms with van der Waals surface area (Å²) in [6, 6.07) is 8.07. The normalized spacial score (nSPS) is 15.1. The first-order valence-corrected chi connectivity index (χ1v) is 13.6. The number of anilines is 1. The predicted molar refractivity (Wildman–Crippen MR) is 147 cm³/mol. The molecule has 8 heteroatoms. The number of thioether (sulfide) groups is 2. The Morgan fingerprint density at radius 1 is 1.21 bits per heavy atom. The number of benzene rings is 1. The van der Waals surface area contributed by atoms with Crippen molar-refractivity contribution in [1.29, 1.82) is 0 Å². The van der Waals surface area contributed by atoms with Gasteiger partial charge in [-0.25, -0.2) is 9.97 Å². The molecule has 0 radical (unpaired) electrons. The Morgan fingerprint density at radius 3 is 2.68 bits per heavy atom. The highest BCUT2D eigenvalue weighted by atomic mass is 32.2. The van der Waals surface area contributed by atoms with Gasteiger partial charge in [0.1, 0.15) is 30.3 Å². The number of rotatable bonds is 10. The highest BCUT2D eigenvalue weighted by molar-refractivity contribution is 8.20. The smallest absolute Gasteiger partial charge is 0.232 e. The predicted octanol–water partition coefficient (Wildman–Crippen LogP) is 6.03. The zero-order valence-electron chi connectivity index (χ0n) is 20.2. The molecule has 0 aliphatic carbocycles. The van der Waals surface area contributed by atoms with Crippen LogP contribution >= 0.6 is 23.5 Å². The van der Waals surface area contributed by atoms with Crippen LogP contribution in [0.5, 0.6) is 5.75 Å². The van der Waals surface area contributed by atoms with Crippen molar-refractivity contribution in [3.05, 3.63) is 54.4 Å². The van der Waals surface area contributed by atoms with E-state index in [1.54, 1.807) is 6.33 Å². The Bertz CT molecular complexity index is 1150. The molecule has 34 heavy (non-hydrogen) atoms. The largest absolute Gasteiger partial charge is 0.492 e. The molecule has 1 fully saturated rings.